The summed E-state index contributed by atoms with van der Waals surface area (Å²) in [4.78, 5) is 22.3. The van der Waals surface area contributed by atoms with Crippen LogP contribution < -0.4 is 10.6 Å². The van der Waals surface area contributed by atoms with E-state index in [2.05, 4.69) is 25.6 Å². The Kier molecular flexibility index (Phi) is 8.60. The molecule has 1 amide bonds. The van der Waals surface area contributed by atoms with E-state index in [4.69, 9.17) is 11.6 Å². The molecule has 1 heterocycles. The third-order valence-electron chi connectivity index (χ3n) is 2.91. The van der Waals surface area contributed by atoms with Crippen LogP contribution in [-0.2, 0) is 11.2 Å². The van der Waals surface area contributed by atoms with E-state index in [-0.39, 0.29) is 12.0 Å². The molecule has 2 N–H and O–H groups in total. The summed E-state index contributed by atoms with van der Waals surface area (Å²) in [7, 11) is 0. The highest BCUT2D eigenvalue weighted by Crippen LogP contribution is 2.13. The van der Waals surface area contributed by atoms with Crippen LogP contribution in [0.4, 0.5) is 11.9 Å². The average Bonchev–Trinajstić information content (AvgIpc) is 2.57. The minimum atomic E-state index is 0.187. The van der Waals surface area contributed by atoms with Gasteiger partial charge in [-0.1, -0.05) is 37.6 Å². The summed E-state index contributed by atoms with van der Waals surface area (Å²) in [5.41, 5.74) is 1.23. The Balaban J connectivity index is 0.00000127. The van der Waals surface area contributed by atoms with Gasteiger partial charge in [-0.2, -0.15) is 4.98 Å². The first-order valence-corrected chi connectivity index (χ1v) is 7.95. The molecule has 0 saturated carbocycles. The van der Waals surface area contributed by atoms with Crippen molar-refractivity contribution in [3.05, 3.63) is 41.2 Å². The Morgan fingerprint density at radius 2 is 1.83 bits per heavy atom. The maximum Gasteiger partial charge on any atom is 0.233 e. The summed E-state index contributed by atoms with van der Waals surface area (Å²) < 4.78 is 0. The molecule has 0 fully saturated rings. The van der Waals surface area contributed by atoms with E-state index in [1.807, 2.05) is 45.0 Å². The van der Waals surface area contributed by atoms with Gasteiger partial charge in [0.05, 0.1) is 0 Å². The maximum absolute atomic E-state index is 10.3. The summed E-state index contributed by atoms with van der Waals surface area (Å²) in [6.07, 6.45) is 3.73. The van der Waals surface area contributed by atoms with Gasteiger partial charge in [-0.25, -0.2) is 9.97 Å². The summed E-state index contributed by atoms with van der Waals surface area (Å²) >= 11 is 5.86. The van der Waals surface area contributed by atoms with Crippen molar-refractivity contribution in [1.82, 2.24) is 15.0 Å². The first kappa shape index (κ1) is 18.8. The minimum Gasteiger partial charge on any atom is -0.352 e. The van der Waals surface area contributed by atoms with Gasteiger partial charge < -0.3 is 5.32 Å². The van der Waals surface area contributed by atoms with E-state index >= 15 is 0 Å². The van der Waals surface area contributed by atoms with Crippen molar-refractivity contribution in [3.8, 4) is 0 Å². The van der Waals surface area contributed by atoms with E-state index < -0.39 is 0 Å². The number of nitrogens with zero attached hydrogens (tertiary/aromatic N) is 3. The fraction of sp³-hybridized carbons (Fsp3) is 0.375. The Hall–Kier alpha value is -2.21. The van der Waals surface area contributed by atoms with Gasteiger partial charge in [0.1, 0.15) is 6.33 Å². The Bertz CT molecular complexity index is 591. The molecule has 0 aliphatic rings. The fourth-order valence-electron chi connectivity index (χ4n) is 1.81. The summed E-state index contributed by atoms with van der Waals surface area (Å²) in [6.45, 7) is 6.05. The second kappa shape index (κ2) is 10.5. The van der Waals surface area contributed by atoms with Gasteiger partial charge in [-0.15, -0.1) is 0 Å². The number of anilines is 2. The predicted molar refractivity (Wildman–Crippen MR) is 93.7 cm³/mol. The van der Waals surface area contributed by atoms with Gasteiger partial charge in [0.15, 0.2) is 0 Å². The van der Waals surface area contributed by atoms with E-state index in [0.717, 1.165) is 17.9 Å². The number of halogens is 1. The highest BCUT2D eigenvalue weighted by Gasteiger charge is 2.06. The zero-order valence-corrected chi connectivity index (χ0v) is 14.3. The molecule has 1 atom stereocenters. The van der Waals surface area contributed by atoms with E-state index in [1.54, 1.807) is 0 Å². The molecule has 2 rings (SSSR count). The number of amides is 1. The van der Waals surface area contributed by atoms with Gasteiger partial charge in [0, 0.05) is 11.1 Å². The normalized spacial score (nSPS) is 11.0. The molecule has 1 aromatic carbocycles. The Morgan fingerprint density at radius 1 is 1.17 bits per heavy atom. The number of carbonyl (C=O) groups is 1. The number of carbonyl (C=O) groups excluding carboxylic acids is 1. The lowest BCUT2D eigenvalue weighted by Gasteiger charge is -2.13. The number of hydrogen-bond donors (Lipinski definition) is 2. The fourth-order valence-corrected chi connectivity index (χ4v) is 1.94. The second-order valence-corrected chi connectivity index (χ2v) is 5.04. The first-order valence-electron chi connectivity index (χ1n) is 7.57. The molecule has 1 unspecified atom stereocenters. The van der Waals surface area contributed by atoms with Crippen LogP contribution in [0.25, 0.3) is 0 Å². The van der Waals surface area contributed by atoms with Gasteiger partial charge in [0.25, 0.3) is 0 Å². The van der Waals surface area contributed by atoms with Crippen molar-refractivity contribution in [3.63, 3.8) is 0 Å². The highest BCUT2D eigenvalue weighted by atomic mass is 35.5. The highest BCUT2D eigenvalue weighted by molar-refractivity contribution is 6.30. The van der Waals surface area contributed by atoms with Crippen LogP contribution in [0.5, 0.6) is 0 Å². The average molecular weight is 336 g/mol. The van der Waals surface area contributed by atoms with Gasteiger partial charge >= 0.3 is 0 Å². The van der Waals surface area contributed by atoms with Crippen LogP contribution in [0.15, 0.2) is 30.6 Å². The predicted octanol–water partition coefficient (Wildman–Crippen LogP) is 3.55. The zero-order chi connectivity index (χ0) is 17.1. The van der Waals surface area contributed by atoms with Gasteiger partial charge in [-0.3, -0.25) is 10.1 Å². The van der Waals surface area contributed by atoms with Crippen LogP contribution >= 0.6 is 11.6 Å². The van der Waals surface area contributed by atoms with Crippen molar-refractivity contribution in [2.75, 3.05) is 10.6 Å². The first-order chi connectivity index (χ1) is 11.2. The summed E-state index contributed by atoms with van der Waals surface area (Å²) in [6, 6.07) is 8.00. The maximum atomic E-state index is 10.3. The monoisotopic (exact) mass is 335 g/mol. The lowest BCUT2D eigenvalue weighted by atomic mass is 10.1. The van der Waals surface area contributed by atoms with E-state index in [0.29, 0.717) is 12.4 Å². The quantitative estimate of drug-likeness (QED) is 0.756. The smallest absolute Gasteiger partial charge is 0.233 e. The molecule has 0 aliphatic heterocycles. The molecule has 0 spiro atoms. The van der Waals surface area contributed by atoms with Crippen LogP contribution in [-0.4, -0.2) is 27.4 Å². The summed E-state index contributed by atoms with van der Waals surface area (Å²) in [5.74, 6) is 0.672. The molecular weight excluding hydrogens is 314 g/mol. The second-order valence-electron chi connectivity index (χ2n) is 4.61. The molecule has 0 saturated heterocycles. The SMILES string of the molecule is CC.CC(CCc1ccc(Cl)cc1)Nc1ncnc(NC=O)n1. The molecule has 0 bridgehead atoms. The van der Waals surface area contributed by atoms with Crippen molar-refractivity contribution < 1.29 is 4.79 Å². The van der Waals surface area contributed by atoms with E-state index in [1.165, 1.54) is 11.9 Å². The lowest BCUT2D eigenvalue weighted by Crippen LogP contribution is -2.18. The van der Waals surface area contributed by atoms with Crippen molar-refractivity contribution >= 4 is 29.9 Å². The van der Waals surface area contributed by atoms with Crippen LogP contribution in [0.1, 0.15) is 32.8 Å². The molecule has 7 heteroatoms. The number of aromatic nitrogens is 3. The number of hydrogen-bond acceptors (Lipinski definition) is 5. The van der Waals surface area contributed by atoms with E-state index in [9.17, 15) is 4.79 Å². The van der Waals surface area contributed by atoms with Crippen LogP contribution in [0.3, 0.4) is 0 Å². The number of benzene rings is 1. The number of rotatable bonds is 7. The number of nitrogens with one attached hydrogen (secondary N) is 2. The van der Waals surface area contributed by atoms with Crippen molar-refractivity contribution in [2.24, 2.45) is 0 Å². The molecule has 1 aromatic heterocycles. The largest absolute Gasteiger partial charge is 0.352 e. The zero-order valence-electron chi connectivity index (χ0n) is 13.6. The lowest BCUT2D eigenvalue weighted by molar-refractivity contribution is -0.105. The third-order valence-corrected chi connectivity index (χ3v) is 3.17. The minimum absolute atomic E-state index is 0.187. The molecule has 0 radical (unpaired) electrons. The molecule has 6 nitrogen and oxygen atoms in total. The molecule has 2 aromatic rings. The van der Waals surface area contributed by atoms with Crippen molar-refractivity contribution in [2.45, 2.75) is 39.7 Å². The number of aryl methyl sites for hydroxylation is 1. The Morgan fingerprint density at radius 3 is 2.48 bits per heavy atom. The molecule has 23 heavy (non-hydrogen) atoms. The molecule has 0 aliphatic carbocycles. The molecule has 124 valence electrons. The van der Waals surface area contributed by atoms with Crippen molar-refractivity contribution in [1.29, 1.82) is 0 Å². The summed E-state index contributed by atoms with van der Waals surface area (Å²) in [5, 5.41) is 6.31. The Labute approximate surface area is 141 Å². The topological polar surface area (TPSA) is 79.8 Å². The van der Waals surface area contributed by atoms with Gasteiger partial charge in [-0.05, 0) is 37.5 Å². The van der Waals surface area contributed by atoms with Gasteiger partial charge in [0.2, 0.25) is 18.3 Å². The third kappa shape index (κ3) is 7.06. The molecular formula is C16H22ClN5O. The standard InChI is InChI=1S/C14H16ClN5O.C2H6/c1-10(2-3-11-4-6-12(15)7-5-11)19-14-17-8-16-13(20-14)18-9-21;1-2/h4-10H,2-3H2,1H3,(H2,16,17,18,19,20,21);1-2H3. The van der Waals surface area contributed by atoms with Crippen LogP contribution in [0.2, 0.25) is 5.02 Å². The van der Waals surface area contributed by atoms with Crippen LogP contribution in [0, 0.1) is 0 Å².